The van der Waals surface area contributed by atoms with Gasteiger partial charge in [-0.2, -0.15) is 10.2 Å². The second kappa shape index (κ2) is 8.13. The number of amides is 1. The first kappa shape index (κ1) is 18.1. The minimum Gasteiger partial charge on any atom is -0.507 e. The van der Waals surface area contributed by atoms with Gasteiger partial charge in [0.1, 0.15) is 11.5 Å². The van der Waals surface area contributed by atoms with Gasteiger partial charge < -0.3 is 9.84 Å². The fourth-order valence-electron chi connectivity index (χ4n) is 2.44. The van der Waals surface area contributed by atoms with Crippen LogP contribution in [0.5, 0.6) is 11.5 Å². The molecule has 8 heteroatoms. The van der Waals surface area contributed by atoms with Crippen molar-refractivity contribution in [3.8, 4) is 11.5 Å². The molecule has 0 atom stereocenters. The van der Waals surface area contributed by atoms with Crippen molar-refractivity contribution in [2.24, 2.45) is 5.10 Å². The smallest absolute Gasteiger partial charge is 0.292 e. The highest BCUT2D eigenvalue weighted by Crippen LogP contribution is 2.22. The van der Waals surface area contributed by atoms with E-state index in [1.54, 1.807) is 36.4 Å². The SMILES string of the molecule is CCCOc1ccc(/C=N/NC(=O)c2n[nH]c(=O)c3ccccc23)c(O)c1. The number of aromatic amines is 1. The number of rotatable bonds is 6. The van der Waals surface area contributed by atoms with Gasteiger partial charge in [0, 0.05) is 17.0 Å². The summed E-state index contributed by atoms with van der Waals surface area (Å²) in [5, 5.41) is 20.7. The molecule has 1 amide bonds. The normalized spacial score (nSPS) is 11.0. The largest absolute Gasteiger partial charge is 0.507 e. The summed E-state index contributed by atoms with van der Waals surface area (Å²) in [6.07, 6.45) is 2.17. The molecule has 0 fully saturated rings. The number of phenols is 1. The van der Waals surface area contributed by atoms with Crippen LogP contribution in [-0.2, 0) is 0 Å². The quantitative estimate of drug-likeness (QED) is 0.457. The van der Waals surface area contributed by atoms with Crippen molar-refractivity contribution in [1.82, 2.24) is 15.6 Å². The Kier molecular flexibility index (Phi) is 5.46. The third kappa shape index (κ3) is 4.12. The van der Waals surface area contributed by atoms with Crippen LogP contribution in [0.2, 0.25) is 0 Å². The van der Waals surface area contributed by atoms with E-state index in [1.165, 1.54) is 12.3 Å². The van der Waals surface area contributed by atoms with E-state index < -0.39 is 5.91 Å². The van der Waals surface area contributed by atoms with Gasteiger partial charge in [-0.1, -0.05) is 25.1 Å². The Labute approximate surface area is 154 Å². The molecule has 0 spiro atoms. The number of phenolic OH excluding ortho intramolecular Hbond substituents is 1. The molecule has 3 aromatic rings. The molecule has 0 saturated carbocycles. The molecule has 1 aromatic heterocycles. The Bertz CT molecular complexity index is 1060. The maximum Gasteiger partial charge on any atom is 0.292 e. The average Bonchev–Trinajstić information content (AvgIpc) is 2.68. The maximum absolute atomic E-state index is 12.3. The lowest BCUT2D eigenvalue weighted by Gasteiger charge is -2.06. The minimum atomic E-state index is -0.582. The number of carbonyl (C=O) groups is 1. The third-order valence-corrected chi connectivity index (χ3v) is 3.76. The number of aromatic hydroxyl groups is 1. The van der Waals surface area contributed by atoms with Gasteiger partial charge in [-0.3, -0.25) is 9.59 Å². The van der Waals surface area contributed by atoms with Crippen molar-refractivity contribution in [3.63, 3.8) is 0 Å². The van der Waals surface area contributed by atoms with Crippen LogP contribution < -0.4 is 15.7 Å². The van der Waals surface area contributed by atoms with Crippen molar-refractivity contribution in [3.05, 3.63) is 64.1 Å². The highest BCUT2D eigenvalue weighted by atomic mass is 16.5. The summed E-state index contributed by atoms with van der Waals surface area (Å²) in [5.41, 5.74) is 2.43. The first-order chi connectivity index (χ1) is 13.1. The molecule has 3 N–H and O–H groups in total. The number of ether oxygens (including phenoxy) is 1. The summed E-state index contributed by atoms with van der Waals surface area (Å²) in [6.45, 7) is 2.55. The highest BCUT2D eigenvalue weighted by molar-refractivity contribution is 6.04. The molecule has 2 aromatic carbocycles. The summed E-state index contributed by atoms with van der Waals surface area (Å²) < 4.78 is 5.43. The Balaban J connectivity index is 1.75. The molecule has 3 rings (SSSR count). The van der Waals surface area contributed by atoms with Crippen LogP contribution in [0.3, 0.4) is 0 Å². The molecular weight excluding hydrogens is 348 g/mol. The first-order valence-corrected chi connectivity index (χ1v) is 8.36. The third-order valence-electron chi connectivity index (χ3n) is 3.76. The number of hydrazone groups is 1. The van der Waals surface area contributed by atoms with Gasteiger partial charge in [0.2, 0.25) is 0 Å². The number of hydrogen-bond acceptors (Lipinski definition) is 6. The van der Waals surface area contributed by atoms with Gasteiger partial charge in [-0.15, -0.1) is 0 Å². The van der Waals surface area contributed by atoms with E-state index in [-0.39, 0.29) is 17.0 Å². The van der Waals surface area contributed by atoms with E-state index in [0.717, 1.165) is 6.42 Å². The molecule has 0 aliphatic rings. The minimum absolute atomic E-state index is 0.0192. The van der Waals surface area contributed by atoms with Crippen molar-refractivity contribution in [2.45, 2.75) is 13.3 Å². The van der Waals surface area contributed by atoms with Crippen molar-refractivity contribution in [2.75, 3.05) is 6.61 Å². The maximum atomic E-state index is 12.3. The van der Waals surface area contributed by atoms with Crippen molar-refractivity contribution in [1.29, 1.82) is 0 Å². The van der Waals surface area contributed by atoms with Crippen LogP contribution in [0.4, 0.5) is 0 Å². The number of nitrogens with zero attached hydrogens (tertiary/aromatic N) is 2. The number of benzene rings is 2. The Morgan fingerprint density at radius 3 is 2.81 bits per heavy atom. The lowest BCUT2D eigenvalue weighted by molar-refractivity contribution is 0.0951. The average molecular weight is 366 g/mol. The summed E-state index contributed by atoms with van der Waals surface area (Å²) in [7, 11) is 0. The van der Waals surface area contributed by atoms with Crippen molar-refractivity contribution < 1.29 is 14.6 Å². The van der Waals surface area contributed by atoms with Gasteiger partial charge in [-0.05, 0) is 24.6 Å². The molecule has 27 heavy (non-hydrogen) atoms. The molecule has 0 radical (unpaired) electrons. The zero-order chi connectivity index (χ0) is 19.2. The number of fused-ring (bicyclic) bond motifs is 1. The predicted octanol–water partition coefficient (Wildman–Crippen LogP) is 2.18. The van der Waals surface area contributed by atoms with Gasteiger partial charge in [0.05, 0.1) is 18.2 Å². The second-order valence-electron chi connectivity index (χ2n) is 5.72. The van der Waals surface area contributed by atoms with Crippen LogP contribution in [0.1, 0.15) is 29.4 Å². The number of carbonyl (C=O) groups excluding carboxylic acids is 1. The number of H-pyrrole nitrogens is 1. The predicted molar refractivity (Wildman–Crippen MR) is 101 cm³/mol. The summed E-state index contributed by atoms with van der Waals surface area (Å²) in [6, 6.07) is 11.5. The summed E-state index contributed by atoms with van der Waals surface area (Å²) in [4.78, 5) is 24.1. The zero-order valence-corrected chi connectivity index (χ0v) is 14.6. The summed E-state index contributed by atoms with van der Waals surface area (Å²) in [5.74, 6) is -0.0465. The molecule has 1 heterocycles. The van der Waals surface area contributed by atoms with Gasteiger partial charge in [-0.25, -0.2) is 10.5 Å². The molecule has 0 unspecified atom stereocenters. The molecule has 0 saturated heterocycles. The highest BCUT2D eigenvalue weighted by Gasteiger charge is 2.13. The second-order valence-corrected chi connectivity index (χ2v) is 5.72. The van der Waals surface area contributed by atoms with E-state index in [1.807, 2.05) is 6.92 Å². The van der Waals surface area contributed by atoms with Crippen LogP contribution in [0, 0.1) is 0 Å². The standard InChI is InChI=1S/C19H18N4O4/c1-2-9-27-13-8-7-12(16(24)10-13)11-20-22-19(26)17-14-5-3-4-6-15(14)18(25)23-21-17/h3-8,10-11,24H,2,9H2,1H3,(H,22,26)(H,23,25)/b20-11+. The van der Waals surface area contributed by atoms with E-state index >= 15 is 0 Å². The van der Waals surface area contributed by atoms with Crippen molar-refractivity contribution >= 4 is 22.9 Å². The van der Waals surface area contributed by atoms with E-state index in [4.69, 9.17) is 4.74 Å². The Morgan fingerprint density at radius 1 is 1.30 bits per heavy atom. The summed E-state index contributed by atoms with van der Waals surface area (Å²) >= 11 is 0. The van der Waals surface area contributed by atoms with Crippen LogP contribution >= 0.6 is 0 Å². The van der Waals surface area contributed by atoms with Gasteiger partial charge >= 0.3 is 0 Å². The topological polar surface area (TPSA) is 117 Å². The van der Waals surface area contributed by atoms with Gasteiger partial charge in [0.15, 0.2) is 5.69 Å². The van der Waals surface area contributed by atoms with E-state index in [9.17, 15) is 14.7 Å². The zero-order valence-electron chi connectivity index (χ0n) is 14.6. The lowest BCUT2D eigenvalue weighted by atomic mass is 10.1. The fraction of sp³-hybridized carbons (Fsp3) is 0.158. The first-order valence-electron chi connectivity index (χ1n) is 8.36. The number of hydrogen-bond donors (Lipinski definition) is 3. The van der Waals surface area contributed by atoms with Gasteiger partial charge in [0.25, 0.3) is 11.5 Å². The Hall–Kier alpha value is -3.68. The molecule has 0 bridgehead atoms. The molecule has 0 aliphatic carbocycles. The lowest BCUT2D eigenvalue weighted by Crippen LogP contribution is -2.22. The Morgan fingerprint density at radius 2 is 2.07 bits per heavy atom. The molecule has 8 nitrogen and oxygen atoms in total. The molecular formula is C19H18N4O4. The van der Waals surface area contributed by atoms with Crippen LogP contribution in [0.15, 0.2) is 52.4 Å². The number of aromatic nitrogens is 2. The molecule has 0 aliphatic heterocycles. The van der Waals surface area contributed by atoms with E-state index in [0.29, 0.717) is 28.7 Å². The number of nitrogens with one attached hydrogen (secondary N) is 2. The van der Waals surface area contributed by atoms with E-state index in [2.05, 4.69) is 20.7 Å². The monoisotopic (exact) mass is 366 g/mol. The molecule has 138 valence electrons. The van der Waals surface area contributed by atoms with Crippen LogP contribution in [0.25, 0.3) is 10.8 Å². The van der Waals surface area contributed by atoms with Crippen LogP contribution in [-0.4, -0.2) is 34.0 Å². The fourth-order valence-corrected chi connectivity index (χ4v) is 2.44.